The maximum atomic E-state index is 11.8. The highest BCUT2D eigenvalue weighted by molar-refractivity contribution is 5.87. The van der Waals surface area contributed by atoms with E-state index >= 15 is 0 Å². The van der Waals surface area contributed by atoms with Crippen molar-refractivity contribution in [2.24, 2.45) is 0 Å². The van der Waals surface area contributed by atoms with E-state index in [4.69, 9.17) is 14.9 Å². The fourth-order valence-corrected chi connectivity index (χ4v) is 2.48. The predicted molar refractivity (Wildman–Crippen MR) is 80.9 cm³/mol. The highest BCUT2D eigenvalue weighted by atomic mass is 16.6. The molecule has 0 unspecified atom stereocenters. The van der Waals surface area contributed by atoms with Gasteiger partial charge < -0.3 is 30.3 Å². The van der Waals surface area contributed by atoms with E-state index in [-0.39, 0.29) is 5.75 Å². The summed E-state index contributed by atoms with van der Waals surface area (Å²) in [5.41, 5.74) is -1.67. The minimum atomic E-state index is -2.27. The molecule has 1 saturated carbocycles. The van der Waals surface area contributed by atoms with Crippen LogP contribution in [0.5, 0.6) is 5.75 Å². The summed E-state index contributed by atoms with van der Waals surface area (Å²) >= 11 is 0. The molecule has 0 amide bonds. The van der Waals surface area contributed by atoms with Crippen LogP contribution in [0.4, 0.5) is 0 Å². The number of phenols is 1. The third kappa shape index (κ3) is 4.10. The number of aromatic hydroxyl groups is 1. The van der Waals surface area contributed by atoms with Crippen LogP contribution in [0.1, 0.15) is 18.4 Å². The summed E-state index contributed by atoms with van der Waals surface area (Å²) in [5.74, 6) is -2.36. The first kappa shape index (κ1) is 17.9. The molecule has 0 aliphatic heterocycles. The molecule has 0 spiro atoms. The van der Waals surface area contributed by atoms with Crippen LogP contribution in [0, 0.1) is 0 Å². The van der Waals surface area contributed by atoms with Crippen molar-refractivity contribution in [3.8, 4) is 5.75 Å². The third-order valence-electron chi connectivity index (χ3n) is 3.83. The number of carbonyl (C=O) groups is 2. The molecule has 8 nitrogen and oxygen atoms in total. The smallest absolute Gasteiger partial charge is 0.335 e. The van der Waals surface area contributed by atoms with E-state index in [2.05, 4.69) is 0 Å². The second-order valence-corrected chi connectivity index (χ2v) is 5.70. The van der Waals surface area contributed by atoms with Gasteiger partial charge in [0, 0.05) is 18.9 Å². The summed E-state index contributed by atoms with van der Waals surface area (Å²) in [6.07, 6.45) is -3.00. The number of hydrogen-bond acceptors (Lipinski definition) is 7. The fraction of sp³-hybridized carbons (Fsp3) is 0.375. The number of carboxylic acid groups (broad SMARTS) is 1. The number of carbonyl (C=O) groups excluding carboxylic acids is 1. The highest BCUT2D eigenvalue weighted by Gasteiger charge is 2.50. The Morgan fingerprint density at radius 2 is 1.79 bits per heavy atom. The first-order valence-electron chi connectivity index (χ1n) is 7.21. The van der Waals surface area contributed by atoms with Crippen molar-refractivity contribution < 1.29 is 39.9 Å². The van der Waals surface area contributed by atoms with Gasteiger partial charge in [0.2, 0.25) is 0 Å². The van der Waals surface area contributed by atoms with Crippen molar-refractivity contribution in [1.29, 1.82) is 0 Å². The SMILES string of the molecule is O=C(C=Cc1ccc(O)cc1)O[C@H]1C[C@@](O)(C(=O)O)C[C@H](O)[C@H]1O. The van der Waals surface area contributed by atoms with Crippen molar-refractivity contribution in [1.82, 2.24) is 0 Å². The summed E-state index contributed by atoms with van der Waals surface area (Å²) in [6, 6.07) is 5.97. The van der Waals surface area contributed by atoms with Crippen LogP contribution in [0.15, 0.2) is 30.3 Å². The Hall–Kier alpha value is -2.42. The zero-order valence-corrected chi connectivity index (χ0v) is 12.6. The Balaban J connectivity index is 2.03. The molecule has 0 heterocycles. The molecule has 1 aliphatic rings. The number of esters is 1. The lowest BCUT2D eigenvalue weighted by Crippen LogP contribution is -2.57. The Kier molecular flexibility index (Phi) is 5.23. The largest absolute Gasteiger partial charge is 0.508 e. The second kappa shape index (κ2) is 7.00. The molecule has 0 aromatic heterocycles. The van der Waals surface area contributed by atoms with Gasteiger partial charge in [-0.2, -0.15) is 0 Å². The summed E-state index contributed by atoms with van der Waals surface area (Å²) in [4.78, 5) is 22.9. The molecule has 1 aliphatic carbocycles. The predicted octanol–water partition coefficient (Wildman–Crippen LogP) is -0.352. The second-order valence-electron chi connectivity index (χ2n) is 5.70. The van der Waals surface area contributed by atoms with Gasteiger partial charge >= 0.3 is 11.9 Å². The van der Waals surface area contributed by atoms with Gasteiger partial charge in [-0.3, -0.25) is 0 Å². The zero-order valence-electron chi connectivity index (χ0n) is 12.6. The van der Waals surface area contributed by atoms with Gasteiger partial charge in [0.1, 0.15) is 18.0 Å². The lowest BCUT2D eigenvalue weighted by molar-refractivity contribution is -0.196. The van der Waals surface area contributed by atoms with Crippen LogP contribution >= 0.6 is 0 Å². The molecule has 4 atom stereocenters. The molecule has 1 fully saturated rings. The van der Waals surface area contributed by atoms with Crippen molar-refractivity contribution in [3.63, 3.8) is 0 Å². The first-order valence-corrected chi connectivity index (χ1v) is 7.21. The van der Waals surface area contributed by atoms with Gasteiger partial charge in [-0.05, 0) is 23.8 Å². The number of carboxylic acids is 1. The van der Waals surface area contributed by atoms with Gasteiger partial charge in [0.25, 0.3) is 0 Å². The van der Waals surface area contributed by atoms with E-state index in [9.17, 15) is 24.9 Å². The van der Waals surface area contributed by atoms with Gasteiger partial charge in [-0.25, -0.2) is 9.59 Å². The van der Waals surface area contributed by atoms with Crippen molar-refractivity contribution in [2.45, 2.75) is 36.8 Å². The van der Waals surface area contributed by atoms with E-state index in [1.165, 1.54) is 18.2 Å². The minimum Gasteiger partial charge on any atom is -0.508 e. The van der Waals surface area contributed by atoms with E-state index in [1.54, 1.807) is 12.1 Å². The highest BCUT2D eigenvalue weighted by Crippen LogP contribution is 2.31. The lowest BCUT2D eigenvalue weighted by Gasteiger charge is -2.39. The molecule has 0 bridgehead atoms. The van der Waals surface area contributed by atoms with E-state index in [0.29, 0.717) is 5.56 Å². The topological polar surface area (TPSA) is 145 Å². The molecule has 0 radical (unpaired) electrons. The van der Waals surface area contributed by atoms with Crippen molar-refractivity contribution >= 4 is 18.0 Å². The number of ether oxygens (including phenoxy) is 1. The van der Waals surface area contributed by atoms with Crippen LogP contribution in [0.2, 0.25) is 0 Å². The molecule has 0 saturated heterocycles. The van der Waals surface area contributed by atoms with Crippen LogP contribution in [-0.4, -0.2) is 61.4 Å². The Labute approximate surface area is 137 Å². The average Bonchev–Trinajstić information content (AvgIpc) is 2.51. The zero-order chi connectivity index (χ0) is 17.9. The van der Waals surface area contributed by atoms with Crippen LogP contribution in [0.3, 0.4) is 0 Å². The van der Waals surface area contributed by atoms with Gasteiger partial charge in [-0.15, -0.1) is 0 Å². The maximum Gasteiger partial charge on any atom is 0.335 e. The monoisotopic (exact) mass is 338 g/mol. The van der Waals surface area contributed by atoms with Gasteiger partial charge in [0.15, 0.2) is 5.60 Å². The third-order valence-corrected chi connectivity index (χ3v) is 3.83. The Morgan fingerprint density at radius 1 is 1.17 bits per heavy atom. The lowest BCUT2D eigenvalue weighted by atomic mass is 9.79. The molecule has 24 heavy (non-hydrogen) atoms. The fourth-order valence-electron chi connectivity index (χ4n) is 2.48. The van der Waals surface area contributed by atoms with Crippen LogP contribution in [0.25, 0.3) is 6.08 Å². The standard InChI is InChI=1S/C16H18O8/c17-10-4-1-9(2-5-10)3-6-13(19)24-12-8-16(23,15(21)22)7-11(18)14(12)20/h1-6,11-12,14,17-18,20,23H,7-8H2,(H,21,22)/t11-,12-,14+,16+/m0/s1. The normalized spacial score (nSPS) is 30.2. The number of rotatable bonds is 4. The Bertz CT molecular complexity index is 638. The molecule has 2 rings (SSSR count). The van der Waals surface area contributed by atoms with Crippen LogP contribution in [-0.2, 0) is 14.3 Å². The number of aliphatic hydroxyl groups is 3. The summed E-state index contributed by atoms with van der Waals surface area (Å²) in [5, 5.41) is 47.6. The quantitative estimate of drug-likeness (QED) is 0.370. The van der Waals surface area contributed by atoms with E-state index < -0.39 is 48.7 Å². The van der Waals surface area contributed by atoms with Crippen LogP contribution < -0.4 is 0 Å². The minimum absolute atomic E-state index is 0.0713. The number of hydrogen-bond donors (Lipinski definition) is 5. The summed E-state index contributed by atoms with van der Waals surface area (Å²) < 4.78 is 4.96. The molecule has 5 N–H and O–H groups in total. The molecule has 8 heteroatoms. The number of aliphatic hydroxyl groups excluding tert-OH is 2. The molecule has 1 aromatic rings. The molecule has 130 valence electrons. The molecular weight excluding hydrogens is 320 g/mol. The number of aliphatic carboxylic acids is 1. The summed E-state index contributed by atoms with van der Waals surface area (Å²) in [7, 11) is 0. The van der Waals surface area contributed by atoms with E-state index in [0.717, 1.165) is 6.08 Å². The van der Waals surface area contributed by atoms with Gasteiger partial charge in [-0.1, -0.05) is 12.1 Å². The summed E-state index contributed by atoms with van der Waals surface area (Å²) in [6.45, 7) is 0. The van der Waals surface area contributed by atoms with Crippen molar-refractivity contribution in [2.75, 3.05) is 0 Å². The first-order chi connectivity index (χ1) is 11.2. The van der Waals surface area contributed by atoms with Gasteiger partial charge in [0.05, 0.1) is 6.10 Å². The van der Waals surface area contributed by atoms with E-state index in [1.807, 2.05) is 0 Å². The average molecular weight is 338 g/mol. The van der Waals surface area contributed by atoms with Crippen molar-refractivity contribution in [3.05, 3.63) is 35.9 Å². The maximum absolute atomic E-state index is 11.8. The number of benzene rings is 1. The molecule has 1 aromatic carbocycles. The molecular formula is C16H18O8. The number of phenolic OH excluding ortho intramolecular Hbond substituents is 1. The Morgan fingerprint density at radius 3 is 2.38 bits per heavy atom.